The number of hydrogen-bond acceptors (Lipinski definition) is 1. The molecule has 0 aromatic heterocycles. The fourth-order valence-corrected chi connectivity index (χ4v) is 3.12. The van der Waals surface area contributed by atoms with Gasteiger partial charge in [0.15, 0.2) is 0 Å². The van der Waals surface area contributed by atoms with Crippen molar-refractivity contribution in [2.24, 2.45) is 0 Å². The van der Waals surface area contributed by atoms with E-state index in [0.29, 0.717) is 6.61 Å². The lowest BCUT2D eigenvalue weighted by Gasteiger charge is -2.30. The van der Waals surface area contributed by atoms with Gasteiger partial charge in [0.1, 0.15) is 5.60 Å². The molecule has 1 heteroatoms. The maximum absolute atomic E-state index is 6.24. The van der Waals surface area contributed by atoms with Crippen molar-refractivity contribution in [3.63, 3.8) is 0 Å². The number of hydrogen-bond donors (Lipinski definition) is 0. The summed E-state index contributed by atoms with van der Waals surface area (Å²) in [6.07, 6.45) is 4.49. The van der Waals surface area contributed by atoms with Crippen LogP contribution in [0.3, 0.4) is 0 Å². The largest absolute Gasteiger partial charge is 0.361 e. The smallest absolute Gasteiger partial charge is 0.123 e. The van der Waals surface area contributed by atoms with Crippen LogP contribution in [0.2, 0.25) is 0 Å². The zero-order chi connectivity index (χ0) is 14.0. The van der Waals surface area contributed by atoms with Gasteiger partial charge in [-0.1, -0.05) is 60.7 Å². The Bertz CT molecular complexity index is 609. The molecule has 2 aromatic rings. The second-order valence-electron chi connectivity index (χ2n) is 5.01. The van der Waals surface area contributed by atoms with E-state index < -0.39 is 5.60 Å². The zero-order valence-electron chi connectivity index (χ0n) is 11.5. The summed E-state index contributed by atoms with van der Waals surface area (Å²) < 4.78 is 6.24. The monoisotopic (exact) mass is 262 g/mol. The summed E-state index contributed by atoms with van der Waals surface area (Å²) in [5.41, 5.74) is 4.54. The Kier molecular flexibility index (Phi) is 3.29. The molecule has 3 rings (SSSR count). The van der Waals surface area contributed by atoms with Gasteiger partial charge < -0.3 is 4.74 Å². The molecule has 1 nitrogen and oxygen atoms in total. The molecule has 0 heterocycles. The fraction of sp³-hybridized carbons (Fsp3) is 0.158. The van der Waals surface area contributed by atoms with Crippen LogP contribution in [0.5, 0.6) is 0 Å². The predicted molar refractivity (Wildman–Crippen MR) is 83.6 cm³/mol. The van der Waals surface area contributed by atoms with Gasteiger partial charge in [0.05, 0.1) is 6.61 Å². The standard InChI is InChI=1S/C19H18O/c1-3-13-19(20-14-4-2)17-11-7-5-9-15(17)16-10-6-8-12-18(16)19/h3-12H,1-2,13-14H2. The van der Waals surface area contributed by atoms with E-state index in [1.807, 2.05) is 6.08 Å². The molecule has 1 aliphatic rings. The Labute approximate surface area is 120 Å². The predicted octanol–water partition coefficient (Wildman–Crippen LogP) is 4.69. The molecule has 0 saturated carbocycles. The van der Waals surface area contributed by atoms with E-state index in [0.717, 1.165) is 6.42 Å². The molecular formula is C19H18O. The van der Waals surface area contributed by atoms with Gasteiger partial charge in [-0.2, -0.15) is 0 Å². The first-order valence-corrected chi connectivity index (χ1v) is 6.88. The van der Waals surface area contributed by atoms with Crippen LogP contribution >= 0.6 is 0 Å². The number of ether oxygens (including phenoxy) is 1. The van der Waals surface area contributed by atoms with Gasteiger partial charge in [0.25, 0.3) is 0 Å². The first-order valence-electron chi connectivity index (χ1n) is 6.88. The van der Waals surface area contributed by atoms with Crippen LogP contribution in [0.15, 0.2) is 73.8 Å². The molecule has 0 saturated heterocycles. The molecule has 0 aliphatic heterocycles. The van der Waals surface area contributed by atoms with Crippen LogP contribution in [-0.2, 0) is 10.3 Å². The molecule has 2 aromatic carbocycles. The van der Waals surface area contributed by atoms with Crippen molar-refractivity contribution in [1.82, 2.24) is 0 Å². The van der Waals surface area contributed by atoms with Crippen LogP contribution in [0.25, 0.3) is 11.1 Å². The lowest BCUT2D eigenvalue weighted by atomic mass is 9.88. The minimum Gasteiger partial charge on any atom is -0.361 e. The highest BCUT2D eigenvalue weighted by molar-refractivity contribution is 5.80. The Morgan fingerprint density at radius 3 is 1.90 bits per heavy atom. The fourth-order valence-electron chi connectivity index (χ4n) is 3.12. The molecule has 100 valence electrons. The van der Waals surface area contributed by atoms with Gasteiger partial charge in [0.2, 0.25) is 0 Å². The molecule has 0 radical (unpaired) electrons. The van der Waals surface area contributed by atoms with Gasteiger partial charge in [0, 0.05) is 6.42 Å². The highest BCUT2D eigenvalue weighted by atomic mass is 16.5. The molecule has 20 heavy (non-hydrogen) atoms. The maximum Gasteiger partial charge on any atom is 0.123 e. The van der Waals surface area contributed by atoms with E-state index in [2.05, 4.69) is 61.7 Å². The summed E-state index contributed by atoms with van der Waals surface area (Å²) in [7, 11) is 0. The third-order valence-corrected chi connectivity index (χ3v) is 3.89. The van der Waals surface area contributed by atoms with Crippen molar-refractivity contribution in [2.75, 3.05) is 6.61 Å². The summed E-state index contributed by atoms with van der Waals surface area (Å²) in [5, 5.41) is 0. The minimum absolute atomic E-state index is 0.427. The number of fused-ring (bicyclic) bond motifs is 3. The second kappa shape index (κ2) is 5.10. The summed E-state index contributed by atoms with van der Waals surface area (Å²) in [6, 6.07) is 16.9. The van der Waals surface area contributed by atoms with Crippen LogP contribution < -0.4 is 0 Å². The van der Waals surface area contributed by atoms with Gasteiger partial charge in [-0.05, 0) is 22.3 Å². The van der Waals surface area contributed by atoms with E-state index in [1.165, 1.54) is 22.3 Å². The molecule has 0 fully saturated rings. The topological polar surface area (TPSA) is 9.23 Å². The Balaban J connectivity index is 2.26. The van der Waals surface area contributed by atoms with Crippen molar-refractivity contribution in [3.8, 4) is 11.1 Å². The molecular weight excluding hydrogens is 244 g/mol. The Morgan fingerprint density at radius 1 is 0.850 bits per heavy atom. The van der Waals surface area contributed by atoms with Gasteiger partial charge >= 0.3 is 0 Å². The van der Waals surface area contributed by atoms with Crippen molar-refractivity contribution < 1.29 is 4.74 Å². The van der Waals surface area contributed by atoms with E-state index in [4.69, 9.17) is 4.74 Å². The van der Waals surface area contributed by atoms with Crippen LogP contribution in [0.4, 0.5) is 0 Å². The van der Waals surface area contributed by atoms with Crippen molar-refractivity contribution >= 4 is 0 Å². The normalized spacial score (nSPS) is 14.4. The highest BCUT2D eigenvalue weighted by Crippen LogP contribution is 2.51. The maximum atomic E-state index is 6.24. The van der Waals surface area contributed by atoms with Crippen LogP contribution in [0, 0.1) is 0 Å². The average Bonchev–Trinajstić information content (AvgIpc) is 2.78. The van der Waals surface area contributed by atoms with Crippen LogP contribution in [-0.4, -0.2) is 6.61 Å². The first-order chi connectivity index (χ1) is 9.83. The number of benzene rings is 2. The zero-order valence-corrected chi connectivity index (χ0v) is 11.5. The molecule has 0 unspecified atom stereocenters. The quantitative estimate of drug-likeness (QED) is 0.710. The minimum atomic E-state index is -0.427. The molecule has 1 aliphatic carbocycles. The third-order valence-electron chi connectivity index (χ3n) is 3.89. The Hall–Kier alpha value is -2.12. The van der Waals surface area contributed by atoms with E-state index in [9.17, 15) is 0 Å². The molecule has 0 bridgehead atoms. The summed E-state index contributed by atoms with van der Waals surface area (Å²) in [5.74, 6) is 0. The van der Waals surface area contributed by atoms with Crippen molar-refractivity contribution in [1.29, 1.82) is 0 Å². The summed E-state index contributed by atoms with van der Waals surface area (Å²) in [4.78, 5) is 0. The molecule has 0 spiro atoms. The van der Waals surface area contributed by atoms with Crippen molar-refractivity contribution in [2.45, 2.75) is 12.0 Å². The second-order valence-corrected chi connectivity index (χ2v) is 5.01. The SMILES string of the molecule is C=CCOC1(CC=C)c2ccccc2-c2ccccc21. The van der Waals surface area contributed by atoms with E-state index in [1.54, 1.807) is 6.08 Å². The first kappa shape index (κ1) is 12.9. The molecule has 0 N–H and O–H groups in total. The average molecular weight is 262 g/mol. The van der Waals surface area contributed by atoms with E-state index in [-0.39, 0.29) is 0 Å². The summed E-state index contributed by atoms with van der Waals surface area (Å²) >= 11 is 0. The molecule has 0 amide bonds. The highest BCUT2D eigenvalue weighted by Gasteiger charge is 2.42. The van der Waals surface area contributed by atoms with Crippen molar-refractivity contribution in [3.05, 3.63) is 85.0 Å². The van der Waals surface area contributed by atoms with Gasteiger partial charge in [-0.3, -0.25) is 0 Å². The van der Waals surface area contributed by atoms with Gasteiger partial charge in [-0.15, -0.1) is 13.2 Å². The lowest BCUT2D eigenvalue weighted by molar-refractivity contribution is 0.00430. The summed E-state index contributed by atoms with van der Waals surface area (Å²) in [6.45, 7) is 8.22. The molecule has 0 atom stereocenters. The lowest BCUT2D eigenvalue weighted by Crippen LogP contribution is -2.28. The van der Waals surface area contributed by atoms with E-state index >= 15 is 0 Å². The van der Waals surface area contributed by atoms with Crippen LogP contribution in [0.1, 0.15) is 17.5 Å². The van der Waals surface area contributed by atoms with Gasteiger partial charge in [-0.25, -0.2) is 0 Å². The Morgan fingerprint density at radius 2 is 1.40 bits per heavy atom. The third kappa shape index (κ3) is 1.75. The number of rotatable bonds is 5.